The number of aryl methyl sites for hydroxylation is 1. The van der Waals surface area contributed by atoms with Crippen molar-refractivity contribution in [3.8, 4) is 0 Å². The molecule has 2 aromatic rings. The van der Waals surface area contributed by atoms with Gasteiger partial charge in [0, 0.05) is 18.7 Å². The van der Waals surface area contributed by atoms with Gasteiger partial charge in [-0.3, -0.25) is 9.80 Å². The normalized spacial score (nSPS) is 10.5. The van der Waals surface area contributed by atoms with E-state index in [4.69, 9.17) is 5.84 Å². The maximum atomic E-state index is 13.1. The van der Waals surface area contributed by atoms with E-state index in [9.17, 15) is 9.18 Å². The van der Waals surface area contributed by atoms with Crippen LogP contribution in [0.2, 0.25) is 0 Å². The minimum atomic E-state index is -0.188. The summed E-state index contributed by atoms with van der Waals surface area (Å²) in [5, 5.41) is 4.58. The fraction of sp³-hybridized carbons (Fsp3) is 0.316. The summed E-state index contributed by atoms with van der Waals surface area (Å²) in [6.07, 6.45) is 2.17. The highest BCUT2D eigenvalue weighted by molar-refractivity contribution is 5.75. The van der Waals surface area contributed by atoms with Gasteiger partial charge >= 0.3 is 0 Å². The van der Waals surface area contributed by atoms with Crippen LogP contribution in [0.1, 0.15) is 30.9 Å². The molecule has 0 unspecified atom stereocenters. The third kappa shape index (κ3) is 5.66. The van der Waals surface area contributed by atoms with Crippen molar-refractivity contribution < 1.29 is 9.18 Å². The zero-order valence-corrected chi connectivity index (χ0v) is 14.0. The lowest BCUT2D eigenvalue weighted by molar-refractivity contribution is -0.131. The van der Waals surface area contributed by atoms with Crippen LogP contribution in [-0.4, -0.2) is 17.5 Å². The van der Waals surface area contributed by atoms with Gasteiger partial charge in [-0.25, -0.2) is 10.2 Å². The number of carbonyl (C=O) groups is 1. The van der Waals surface area contributed by atoms with Crippen LogP contribution in [0, 0.1) is 5.82 Å². The van der Waals surface area contributed by atoms with Crippen molar-refractivity contribution in [2.45, 2.75) is 32.7 Å². The highest BCUT2D eigenvalue weighted by atomic mass is 19.1. The smallest absolute Gasteiger partial charge is 0.236 e. The minimum absolute atomic E-state index is 0.0745. The molecule has 2 rings (SSSR count). The molecule has 0 aromatic heterocycles. The molecule has 3 N–H and O–H groups in total. The predicted octanol–water partition coefficient (Wildman–Crippen LogP) is 3.48. The van der Waals surface area contributed by atoms with Crippen LogP contribution in [0.25, 0.3) is 0 Å². The van der Waals surface area contributed by atoms with Crippen molar-refractivity contribution in [1.29, 1.82) is 0 Å². The molecule has 0 fully saturated rings. The number of nitrogens with zero attached hydrogens (tertiary/aromatic N) is 1. The van der Waals surface area contributed by atoms with Gasteiger partial charge in [0.05, 0.1) is 6.54 Å². The van der Waals surface area contributed by atoms with Crippen LogP contribution in [0.15, 0.2) is 48.5 Å². The zero-order chi connectivity index (χ0) is 17.4. The van der Waals surface area contributed by atoms with E-state index in [1.807, 2.05) is 30.3 Å². The van der Waals surface area contributed by atoms with Crippen LogP contribution >= 0.6 is 0 Å². The molecule has 4 nitrogen and oxygen atoms in total. The summed E-state index contributed by atoms with van der Waals surface area (Å²) in [6.45, 7) is 3.01. The fourth-order valence-corrected chi connectivity index (χ4v) is 2.43. The van der Waals surface area contributed by atoms with Gasteiger partial charge < -0.3 is 5.32 Å². The Balaban J connectivity index is 1.74. The second-order valence-corrected chi connectivity index (χ2v) is 5.73. The predicted molar refractivity (Wildman–Crippen MR) is 94.7 cm³/mol. The average molecular weight is 329 g/mol. The molecule has 0 saturated carbocycles. The average Bonchev–Trinajstić information content (AvgIpc) is 2.59. The number of nitrogens with one attached hydrogen (secondary N) is 1. The zero-order valence-electron chi connectivity index (χ0n) is 14.0. The number of amides is 1. The third-order valence-electron chi connectivity index (χ3n) is 3.79. The number of hydrogen-bond acceptors (Lipinski definition) is 3. The van der Waals surface area contributed by atoms with Gasteiger partial charge in [-0.1, -0.05) is 31.2 Å². The first-order valence-electron chi connectivity index (χ1n) is 8.21. The Bertz CT molecular complexity index is 658. The van der Waals surface area contributed by atoms with Crippen LogP contribution in [0.4, 0.5) is 10.1 Å². The first-order valence-corrected chi connectivity index (χ1v) is 8.21. The second kappa shape index (κ2) is 9.03. The summed E-state index contributed by atoms with van der Waals surface area (Å²) in [7, 11) is 0. The number of hydrogen-bond donors (Lipinski definition) is 2. The van der Waals surface area contributed by atoms with E-state index in [0.29, 0.717) is 13.0 Å². The fourth-order valence-electron chi connectivity index (χ4n) is 2.43. The summed E-state index contributed by atoms with van der Waals surface area (Å²) in [5.74, 6) is 5.44. The summed E-state index contributed by atoms with van der Waals surface area (Å²) < 4.78 is 13.1. The van der Waals surface area contributed by atoms with Gasteiger partial charge in [0.25, 0.3) is 0 Å². The van der Waals surface area contributed by atoms with Crippen molar-refractivity contribution in [3.63, 3.8) is 0 Å². The molecule has 0 aliphatic rings. The Labute approximate surface area is 142 Å². The maximum absolute atomic E-state index is 13.1. The number of halogens is 1. The molecule has 128 valence electrons. The Hall–Kier alpha value is -2.40. The molecule has 2 aromatic carbocycles. The van der Waals surface area contributed by atoms with Gasteiger partial charge in [-0.2, -0.15) is 0 Å². The summed E-state index contributed by atoms with van der Waals surface area (Å²) in [4.78, 5) is 11.5. The maximum Gasteiger partial charge on any atom is 0.236 e. The quantitative estimate of drug-likeness (QED) is 0.337. The Morgan fingerprint density at radius 2 is 1.92 bits per heavy atom. The van der Waals surface area contributed by atoms with Gasteiger partial charge in [0.1, 0.15) is 5.82 Å². The third-order valence-corrected chi connectivity index (χ3v) is 3.79. The summed E-state index contributed by atoms with van der Waals surface area (Å²) in [6, 6.07) is 14.6. The molecular weight excluding hydrogens is 305 g/mol. The molecule has 0 radical (unpaired) electrons. The Morgan fingerprint density at radius 3 is 2.58 bits per heavy atom. The van der Waals surface area contributed by atoms with Crippen molar-refractivity contribution in [2.24, 2.45) is 5.84 Å². The molecule has 0 bridgehead atoms. The number of nitrogens with two attached hydrogens (primary N) is 1. The van der Waals surface area contributed by atoms with E-state index < -0.39 is 0 Å². The number of carbonyl (C=O) groups excluding carboxylic acids is 1. The summed E-state index contributed by atoms with van der Waals surface area (Å²) >= 11 is 0. The van der Waals surface area contributed by atoms with Crippen LogP contribution in [-0.2, 0) is 17.8 Å². The molecule has 0 aliphatic heterocycles. The van der Waals surface area contributed by atoms with E-state index in [2.05, 4.69) is 5.32 Å². The van der Waals surface area contributed by atoms with E-state index in [-0.39, 0.29) is 11.7 Å². The monoisotopic (exact) mass is 329 g/mol. The lowest BCUT2D eigenvalue weighted by Crippen LogP contribution is -2.36. The van der Waals surface area contributed by atoms with E-state index in [1.165, 1.54) is 11.1 Å². The molecule has 0 aliphatic carbocycles. The molecule has 5 heteroatoms. The molecule has 0 heterocycles. The molecular formula is C19H24FN3O. The number of benzene rings is 2. The van der Waals surface area contributed by atoms with Gasteiger partial charge in [-0.05, 0) is 48.2 Å². The highest BCUT2D eigenvalue weighted by Gasteiger charge is 2.07. The van der Waals surface area contributed by atoms with Crippen molar-refractivity contribution in [2.75, 3.05) is 11.9 Å². The number of rotatable bonds is 8. The lowest BCUT2D eigenvalue weighted by atomic mass is 10.1. The van der Waals surface area contributed by atoms with Gasteiger partial charge in [-0.15, -0.1) is 0 Å². The topological polar surface area (TPSA) is 58.4 Å². The molecule has 1 amide bonds. The minimum Gasteiger partial charge on any atom is -0.385 e. The largest absolute Gasteiger partial charge is 0.385 e. The first kappa shape index (κ1) is 17.9. The van der Waals surface area contributed by atoms with E-state index >= 15 is 0 Å². The van der Waals surface area contributed by atoms with Gasteiger partial charge in [0.2, 0.25) is 5.91 Å². The number of anilines is 1. The van der Waals surface area contributed by atoms with Crippen molar-refractivity contribution >= 4 is 11.6 Å². The van der Waals surface area contributed by atoms with Gasteiger partial charge in [0.15, 0.2) is 0 Å². The van der Waals surface area contributed by atoms with Crippen LogP contribution in [0.5, 0.6) is 0 Å². The van der Waals surface area contributed by atoms with E-state index in [0.717, 1.165) is 36.2 Å². The Morgan fingerprint density at radius 1 is 1.17 bits per heavy atom. The number of hydrazine groups is 1. The second-order valence-electron chi connectivity index (χ2n) is 5.73. The first-order chi connectivity index (χ1) is 11.6. The van der Waals surface area contributed by atoms with Crippen LogP contribution < -0.4 is 11.2 Å². The lowest BCUT2D eigenvalue weighted by Gasteiger charge is -2.16. The summed E-state index contributed by atoms with van der Waals surface area (Å²) in [5.41, 5.74) is 3.02. The molecule has 0 spiro atoms. The highest BCUT2D eigenvalue weighted by Crippen LogP contribution is 2.12. The van der Waals surface area contributed by atoms with Crippen molar-refractivity contribution in [3.05, 3.63) is 65.5 Å². The van der Waals surface area contributed by atoms with E-state index in [1.54, 1.807) is 19.1 Å². The SMILES string of the molecule is CCC(=O)N(N)Cc1ccc(NCCCc2cccc(F)c2)cc1. The molecule has 0 atom stereocenters. The molecule has 0 saturated heterocycles. The Kier molecular flexibility index (Phi) is 6.75. The standard InChI is InChI=1S/C19H24FN3O/c1-2-19(24)23(21)14-16-8-10-18(11-9-16)22-12-4-6-15-5-3-7-17(20)13-15/h3,5,7-11,13,22H,2,4,6,12,14,21H2,1H3. The molecule has 24 heavy (non-hydrogen) atoms. The van der Waals surface area contributed by atoms with Crippen LogP contribution in [0.3, 0.4) is 0 Å². The van der Waals surface area contributed by atoms with Crippen molar-refractivity contribution in [1.82, 2.24) is 5.01 Å².